The highest BCUT2D eigenvalue weighted by Crippen LogP contribution is 2.16. The number of halogens is 4. The van der Waals surface area contributed by atoms with Crippen LogP contribution < -0.4 is 0 Å². The summed E-state index contributed by atoms with van der Waals surface area (Å²) in [5.41, 5.74) is 0. The maximum absolute atomic E-state index is 12.2. The molecule has 104 valence electrons. The SMILES string of the molecule is CC(C)CCOCCN(CCBr)CC(F)(F)F. The third-order valence-corrected chi connectivity index (χ3v) is 2.55. The molecule has 0 N–H and O–H groups in total. The zero-order chi connectivity index (χ0) is 13.3. The Kier molecular flexibility index (Phi) is 9.27. The lowest BCUT2D eigenvalue weighted by Crippen LogP contribution is -2.37. The van der Waals surface area contributed by atoms with Crippen molar-refractivity contribution in [3.63, 3.8) is 0 Å². The predicted molar refractivity (Wildman–Crippen MR) is 66.6 cm³/mol. The third-order valence-electron chi connectivity index (χ3n) is 2.20. The van der Waals surface area contributed by atoms with Gasteiger partial charge in [0.25, 0.3) is 0 Å². The maximum atomic E-state index is 12.2. The molecule has 0 heterocycles. The minimum Gasteiger partial charge on any atom is -0.380 e. The van der Waals surface area contributed by atoms with Crippen LogP contribution in [-0.4, -0.2) is 49.3 Å². The van der Waals surface area contributed by atoms with Crippen molar-refractivity contribution >= 4 is 15.9 Å². The molecule has 17 heavy (non-hydrogen) atoms. The van der Waals surface area contributed by atoms with Gasteiger partial charge >= 0.3 is 6.18 Å². The van der Waals surface area contributed by atoms with Crippen molar-refractivity contribution in [3.05, 3.63) is 0 Å². The van der Waals surface area contributed by atoms with Crippen LogP contribution >= 0.6 is 15.9 Å². The molecule has 0 bridgehead atoms. The van der Waals surface area contributed by atoms with Crippen LogP contribution in [0.5, 0.6) is 0 Å². The molecule has 0 spiro atoms. The van der Waals surface area contributed by atoms with Gasteiger partial charge in [-0.05, 0) is 12.3 Å². The molecule has 0 saturated heterocycles. The van der Waals surface area contributed by atoms with E-state index in [0.29, 0.717) is 37.6 Å². The van der Waals surface area contributed by atoms with Gasteiger partial charge in [-0.2, -0.15) is 13.2 Å². The molecule has 0 unspecified atom stereocenters. The van der Waals surface area contributed by atoms with Gasteiger partial charge in [-0.25, -0.2) is 0 Å². The summed E-state index contributed by atoms with van der Waals surface area (Å²) in [5, 5.41) is 0.537. The molecule has 0 saturated carbocycles. The second-order valence-corrected chi connectivity index (χ2v) is 5.17. The van der Waals surface area contributed by atoms with Crippen molar-refractivity contribution in [1.82, 2.24) is 4.90 Å². The number of nitrogens with zero attached hydrogens (tertiary/aromatic N) is 1. The van der Waals surface area contributed by atoms with Gasteiger partial charge in [0.05, 0.1) is 13.2 Å². The van der Waals surface area contributed by atoms with Gasteiger partial charge in [-0.1, -0.05) is 29.8 Å². The van der Waals surface area contributed by atoms with Crippen molar-refractivity contribution < 1.29 is 17.9 Å². The molecule has 2 nitrogen and oxygen atoms in total. The summed E-state index contributed by atoms with van der Waals surface area (Å²) in [6.07, 6.45) is -3.20. The molecular weight excluding hydrogens is 299 g/mol. The van der Waals surface area contributed by atoms with Gasteiger partial charge in [0, 0.05) is 25.0 Å². The van der Waals surface area contributed by atoms with Crippen molar-refractivity contribution in [2.24, 2.45) is 5.92 Å². The van der Waals surface area contributed by atoms with Crippen LogP contribution in [0.3, 0.4) is 0 Å². The standard InChI is InChI=1S/C11H21BrF3NO/c1-10(2)3-7-17-8-6-16(5-4-12)9-11(13,14)15/h10H,3-9H2,1-2H3. The first kappa shape index (κ1) is 17.2. The predicted octanol–water partition coefficient (Wildman–Crippen LogP) is 3.31. The molecule has 6 heteroatoms. The Morgan fingerprint density at radius 2 is 1.82 bits per heavy atom. The summed E-state index contributed by atoms with van der Waals surface area (Å²) >= 11 is 3.15. The average Bonchev–Trinajstić information content (AvgIpc) is 2.14. The van der Waals surface area contributed by atoms with E-state index in [1.54, 1.807) is 0 Å². The summed E-state index contributed by atoms with van der Waals surface area (Å²) in [4.78, 5) is 1.35. The van der Waals surface area contributed by atoms with Crippen LogP contribution in [0.2, 0.25) is 0 Å². The Balaban J connectivity index is 3.70. The lowest BCUT2D eigenvalue weighted by molar-refractivity contribution is -0.146. The van der Waals surface area contributed by atoms with Gasteiger partial charge in [0.2, 0.25) is 0 Å². The first-order chi connectivity index (χ1) is 7.85. The quantitative estimate of drug-likeness (QED) is 0.477. The molecule has 0 aliphatic carbocycles. The van der Waals surface area contributed by atoms with Gasteiger partial charge in [-0.15, -0.1) is 0 Å². The average molecular weight is 320 g/mol. The minimum absolute atomic E-state index is 0.323. The first-order valence-electron chi connectivity index (χ1n) is 5.78. The first-order valence-corrected chi connectivity index (χ1v) is 6.90. The summed E-state index contributed by atoms with van der Waals surface area (Å²) in [6, 6.07) is 0. The molecule has 0 aromatic rings. The van der Waals surface area contributed by atoms with Crippen LogP contribution in [0, 0.1) is 5.92 Å². The molecule has 0 radical (unpaired) electrons. The van der Waals surface area contributed by atoms with E-state index in [9.17, 15) is 13.2 Å². The Labute approximate surface area is 110 Å². The monoisotopic (exact) mass is 319 g/mol. The smallest absolute Gasteiger partial charge is 0.380 e. The van der Waals surface area contributed by atoms with Crippen molar-refractivity contribution in [1.29, 1.82) is 0 Å². The van der Waals surface area contributed by atoms with E-state index >= 15 is 0 Å². The molecule has 0 fully saturated rings. The second-order valence-electron chi connectivity index (χ2n) is 4.38. The Morgan fingerprint density at radius 3 is 2.29 bits per heavy atom. The molecule has 0 aromatic heterocycles. The number of hydrogen-bond donors (Lipinski definition) is 0. The molecule has 0 amide bonds. The zero-order valence-corrected chi connectivity index (χ0v) is 12.0. The Hall–Kier alpha value is 0.190. The van der Waals surface area contributed by atoms with Gasteiger partial charge in [0.15, 0.2) is 0 Å². The lowest BCUT2D eigenvalue weighted by atomic mass is 10.1. The van der Waals surface area contributed by atoms with E-state index in [0.717, 1.165) is 6.42 Å². The fourth-order valence-electron chi connectivity index (χ4n) is 1.26. The Morgan fingerprint density at radius 1 is 1.18 bits per heavy atom. The van der Waals surface area contributed by atoms with Crippen molar-refractivity contribution in [2.45, 2.75) is 26.4 Å². The molecule has 0 atom stereocenters. The molecule has 0 rings (SSSR count). The highest BCUT2D eigenvalue weighted by Gasteiger charge is 2.30. The van der Waals surface area contributed by atoms with Crippen molar-refractivity contribution in [2.75, 3.05) is 38.2 Å². The summed E-state index contributed by atoms with van der Waals surface area (Å²) in [6.45, 7) is 4.98. The normalized spacial score (nSPS) is 12.7. The minimum atomic E-state index is -4.14. The van der Waals surface area contributed by atoms with Crippen LogP contribution in [-0.2, 0) is 4.74 Å². The third kappa shape index (κ3) is 12.4. The molecule has 0 aliphatic heterocycles. The van der Waals surface area contributed by atoms with E-state index in [1.807, 2.05) is 0 Å². The molecule has 0 aromatic carbocycles. The fourth-order valence-corrected chi connectivity index (χ4v) is 1.76. The summed E-state index contributed by atoms with van der Waals surface area (Å²) < 4.78 is 41.9. The fraction of sp³-hybridized carbons (Fsp3) is 1.00. The van der Waals surface area contributed by atoms with E-state index in [2.05, 4.69) is 29.8 Å². The van der Waals surface area contributed by atoms with E-state index in [1.165, 1.54) is 4.90 Å². The van der Waals surface area contributed by atoms with E-state index in [-0.39, 0.29) is 0 Å². The maximum Gasteiger partial charge on any atom is 0.401 e. The van der Waals surface area contributed by atoms with Crippen LogP contribution in [0.4, 0.5) is 13.2 Å². The highest BCUT2D eigenvalue weighted by molar-refractivity contribution is 9.09. The Bertz CT molecular complexity index is 188. The number of ether oxygens (including phenoxy) is 1. The van der Waals surface area contributed by atoms with Gasteiger partial charge in [-0.3, -0.25) is 4.90 Å². The number of rotatable bonds is 9. The van der Waals surface area contributed by atoms with Crippen LogP contribution in [0.1, 0.15) is 20.3 Å². The van der Waals surface area contributed by atoms with Crippen molar-refractivity contribution in [3.8, 4) is 0 Å². The number of hydrogen-bond acceptors (Lipinski definition) is 2. The van der Waals surface area contributed by atoms with Crippen LogP contribution in [0.15, 0.2) is 0 Å². The summed E-state index contributed by atoms with van der Waals surface area (Å²) in [7, 11) is 0. The van der Waals surface area contributed by atoms with Crippen LogP contribution in [0.25, 0.3) is 0 Å². The molecular formula is C11H21BrF3NO. The number of alkyl halides is 4. The van der Waals surface area contributed by atoms with E-state index < -0.39 is 12.7 Å². The topological polar surface area (TPSA) is 12.5 Å². The second kappa shape index (κ2) is 9.16. The zero-order valence-electron chi connectivity index (χ0n) is 10.4. The summed E-state index contributed by atoms with van der Waals surface area (Å²) in [5.74, 6) is 0.559. The largest absolute Gasteiger partial charge is 0.401 e. The lowest BCUT2D eigenvalue weighted by Gasteiger charge is -2.22. The highest BCUT2D eigenvalue weighted by atomic mass is 79.9. The van der Waals surface area contributed by atoms with Gasteiger partial charge < -0.3 is 4.74 Å². The van der Waals surface area contributed by atoms with E-state index in [4.69, 9.17) is 4.74 Å². The van der Waals surface area contributed by atoms with Gasteiger partial charge in [0.1, 0.15) is 0 Å². The molecule has 0 aliphatic rings.